The van der Waals surface area contributed by atoms with Crippen LogP contribution in [0, 0.1) is 5.92 Å². The van der Waals surface area contributed by atoms with Crippen molar-refractivity contribution in [3.8, 4) is 5.75 Å². The minimum absolute atomic E-state index is 0.199. The summed E-state index contributed by atoms with van der Waals surface area (Å²) in [5.41, 5.74) is 1.12. The minimum Gasteiger partial charge on any atom is -0.426 e. The summed E-state index contributed by atoms with van der Waals surface area (Å²) in [4.78, 5) is 11.6. The maximum absolute atomic E-state index is 11.6. The summed E-state index contributed by atoms with van der Waals surface area (Å²) in [5.74, 6) is 0.175. The van der Waals surface area contributed by atoms with E-state index in [0.717, 1.165) is 5.57 Å². The molecule has 0 unspecified atom stereocenters. The second kappa shape index (κ2) is 5.35. The number of para-hydroxylation sites is 1. The Labute approximate surface area is 90.6 Å². The van der Waals surface area contributed by atoms with Crippen LogP contribution in [0.4, 0.5) is 0 Å². The van der Waals surface area contributed by atoms with E-state index in [9.17, 15) is 4.79 Å². The molecule has 1 aromatic carbocycles. The van der Waals surface area contributed by atoms with Crippen molar-refractivity contribution in [2.45, 2.75) is 20.8 Å². The van der Waals surface area contributed by atoms with Gasteiger partial charge >= 0.3 is 5.97 Å². The molecule has 2 heteroatoms. The Balaban J connectivity index is 2.60. The van der Waals surface area contributed by atoms with Gasteiger partial charge in [-0.25, -0.2) is 0 Å². The lowest BCUT2D eigenvalue weighted by atomic mass is 10.1. The van der Waals surface area contributed by atoms with E-state index < -0.39 is 0 Å². The highest BCUT2D eigenvalue weighted by Crippen LogP contribution is 2.12. The number of ether oxygens (including phenoxy) is 1. The van der Waals surface area contributed by atoms with Gasteiger partial charge in [-0.2, -0.15) is 0 Å². The van der Waals surface area contributed by atoms with Gasteiger partial charge in [0.2, 0.25) is 0 Å². The molecule has 2 nitrogen and oxygen atoms in total. The molecule has 0 aliphatic carbocycles. The minimum atomic E-state index is -0.220. The number of hydrogen-bond donors (Lipinski definition) is 0. The molecule has 0 saturated heterocycles. The van der Waals surface area contributed by atoms with E-state index in [1.54, 1.807) is 12.1 Å². The molecular formula is C13H16O2. The third-order valence-corrected chi connectivity index (χ3v) is 1.92. The Morgan fingerprint density at radius 2 is 1.87 bits per heavy atom. The second-order valence-corrected chi connectivity index (χ2v) is 3.77. The Bertz CT molecular complexity index is 348. The normalized spacial score (nSPS) is 11.7. The van der Waals surface area contributed by atoms with Crippen LogP contribution in [0.2, 0.25) is 0 Å². The fourth-order valence-electron chi connectivity index (χ4n) is 1.27. The molecular weight excluding hydrogens is 188 g/mol. The number of carbonyl (C=O) groups excluding carboxylic acids is 1. The van der Waals surface area contributed by atoms with Gasteiger partial charge in [-0.3, -0.25) is 4.79 Å². The van der Waals surface area contributed by atoms with Crippen LogP contribution in [0.3, 0.4) is 0 Å². The summed E-state index contributed by atoms with van der Waals surface area (Å²) in [6.07, 6.45) is 1.89. The highest BCUT2D eigenvalue weighted by molar-refractivity contribution is 5.76. The molecule has 0 heterocycles. The predicted octanol–water partition coefficient (Wildman–Crippen LogP) is 3.19. The lowest BCUT2D eigenvalue weighted by Crippen LogP contribution is -2.16. The zero-order chi connectivity index (χ0) is 11.3. The lowest BCUT2D eigenvalue weighted by molar-refractivity contribution is -0.136. The third kappa shape index (κ3) is 3.98. The van der Waals surface area contributed by atoms with Crippen LogP contribution >= 0.6 is 0 Å². The zero-order valence-corrected chi connectivity index (χ0v) is 9.36. The third-order valence-electron chi connectivity index (χ3n) is 1.92. The van der Waals surface area contributed by atoms with E-state index in [2.05, 4.69) is 0 Å². The zero-order valence-electron chi connectivity index (χ0n) is 9.36. The number of hydrogen-bond acceptors (Lipinski definition) is 2. The van der Waals surface area contributed by atoms with Crippen molar-refractivity contribution in [2.75, 3.05) is 0 Å². The molecule has 1 aromatic rings. The van der Waals surface area contributed by atoms with Gasteiger partial charge in [0.1, 0.15) is 5.75 Å². The van der Waals surface area contributed by atoms with Crippen molar-refractivity contribution >= 4 is 5.97 Å². The summed E-state index contributed by atoms with van der Waals surface area (Å²) in [6.45, 7) is 5.76. The highest BCUT2D eigenvalue weighted by Gasteiger charge is 2.11. The number of allylic oxidation sites excluding steroid dienone is 1. The van der Waals surface area contributed by atoms with E-state index in [-0.39, 0.29) is 11.9 Å². The van der Waals surface area contributed by atoms with Crippen molar-refractivity contribution in [1.82, 2.24) is 0 Å². The molecule has 0 amide bonds. The Kier molecular flexibility index (Phi) is 4.10. The SMILES string of the molecule is CC(C)=C[C@H](C)C(=O)Oc1ccccc1. The van der Waals surface area contributed by atoms with Crippen LogP contribution in [-0.2, 0) is 4.79 Å². The summed E-state index contributed by atoms with van der Waals surface area (Å²) < 4.78 is 5.19. The first-order valence-corrected chi connectivity index (χ1v) is 5.01. The van der Waals surface area contributed by atoms with Crippen molar-refractivity contribution in [2.24, 2.45) is 5.92 Å². The molecule has 0 saturated carbocycles. The number of carbonyl (C=O) groups is 1. The summed E-state index contributed by atoms with van der Waals surface area (Å²) in [7, 11) is 0. The van der Waals surface area contributed by atoms with Crippen LogP contribution < -0.4 is 4.74 Å². The van der Waals surface area contributed by atoms with Crippen LogP contribution in [0.1, 0.15) is 20.8 Å². The van der Waals surface area contributed by atoms with E-state index in [0.29, 0.717) is 5.75 Å². The number of benzene rings is 1. The van der Waals surface area contributed by atoms with Crippen LogP contribution in [0.15, 0.2) is 42.0 Å². The van der Waals surface area contributed by atoms with Gasteiger partial charge in [0.25, 0.3) is 0 Å². The summed E-state index contributed by atoms with van der Waals surface area (Å²) >= 11 is 0. The maximum Gasteiger partial charge on any atom is 0.317 e. The molecule has 0 aliphatic heterocycles. The summed E-state index contributed by atoms with van der Waals surface area (Å²) in [6, 6.07) is 9.11. The Morgan fingerprint density at radius 3 is 2.40 bits per heavy atom. The number of rotatable bonds is 3. The fraction of sp³-hybridized carbons (Fsp3) is 0.308. The Morgan fingerprint density at radius 1 is 1.27 bits per heavy atom. The van der Waals surface area contributed by atoms with Gasteiger partial charge in [-0.05, 0) is 32.9 Å². The fourth-order valence-corrected chi connectivity index (χ4v) is 1.27. The average molecular weight is 204 g/mol. The molecule has 1 atom stereocenters. The van der Waals surface area contributed by atoms with Crippen LogP contribution in [-0.4, -0.2) is 5.97 Å². The maximum atomic E-state index is 11.6. The lowest BCUT2D eigenvalue weighted by Gasteiger charge is -2.07. The van der Waals surface area contributed by atoms with Crippen LogP contribution in [0.25, 0.3) is 0 Å². The standard InChI is InChI=1S/C13H16O2/c1-10(2)9-11(3)13(14)15-12-7-5-4-6-8-12/h4-9,11H,1-3H3/t11-/m0/s1. The van der Waals surface area contributed by atoms with E-state index in [1.807, 2.05) is 45.0 Å². The van der Waals surface area contributed by atoms with Crippen molar-refractivity contribution in [3.63, 3.8) is 0 Å². The summed E-state index contributed by atoms with van der Waals surface area (Å²) in [5, 5.41) is 0. The largest absolute Gasteiger partial charge is 0.426 e. The second-order valence-electron chi connectivity index (χ2n) is 3.77. The highest BCUT2D eigenvalue weighted by atomic mass is 16.5. The van der Waals surface area contributed by atoms with E-state index in [1.165, 1.54) is 0 Å². The predicted molar refractivity (Wildman–Crippen MR) is 60.7 cm³/mol. The monoisotopic (exact) mass is 204 g/mol. The first-order chi connectivity index (χ1) is 7.09. The van der Waals surface area contributed by atoms with Gasteiger partial charge in [0.05, 0.1) is 5.92 Å². The van der Waals surface area contributed by atoms with Gasteiger partial charge < -0.3 is 4.74 Å². The Hall–Kier alpha value is -1.57. The molecule has 0 spiro atoms. The first-order valence-electron chi connectivity index (χ1n) is 5.01. The van der Waals surface area contributed by atoms with Crippen molar-refractivity contribution in [1.29, 1.82) is 0 Å². The molecule has 0 fully saturated rings. The molecule has 80 valence electrons. The number of esters is 1. The molecule has 0 bridgehead atoms. The topological polar surface area (TPSA) is 26.3 Å². The molecule has 0 N–H and O–H groups in total. The molecule has 15 heavy (non-hydrogen) atoms. The van der Waals surface area contributed by atoms with Crippen molar-refractivity contribution in [3.05, 3.63) is 42.0 Å². The quantitative estimate of drug-likeness (QED) is 0.429. The average Bonchev–Trinajstić information content (AvgIpc) is 2.18. The van der Waals surface area contributed by atoms with Gasteiger partial charge in [-0.1, -0.05) is 29.8 Å². The van der Waals surface area contributed by atoms with Gasteiger partial charge in [0, 0.05) is 0 Å². The smallest absolute Gasteiger partial charge is 0.317 e. The molecule has 0 aliphatic rings. The first kappa shape index (κ1) is 11.5. The van der Waals surface area contributed by atoms with Gasteiger partial charge in [0.15, 0.2) is 0 Å². The van der Waals surface area contributed by atoms with E-state index in [4.69, 9.17) is 4.74 Å². The molecule has 1 rings (SSSR count). The van der Waals surface area contributed by atoms with Crippen molar-refractivity contribution < 1.29 is 9.53 Å². The van der Waals surface area contributed by atoms with E-state index >= 15 is 0 Å². The molecule has 0 aromatic heterocycles. The van der Waals surface area contributed by atoms with Crippen LogP contribution in [0.5, 0.6) is 5.75 Å². The van der Waals surface area contributed by atoms with Gasteiger partial charge in [-0.15, -0.1) is 0 Å². The molecule has 0 radical (unpaired) electrons.